The van der Waals surface area contributed by atoms with E-state index >= 15 is 0 Å². The minimum atomic E-state index is -0.789. The zero-order valence-corrected chi connectivity index (χ0v) is 52.6. The fourth-order valence-electron chi connectivity index (χ4n) is 10.0. The Balaban J connectivity index is 4.20. The lowest BCUT2D eigenvalue weighted by Crippen LogP contribution is -2.30. The molecule has 0 rings (SSSR count). The van der Waals surface area contributed by atoms with Crippen molar-refractivity contribution < 1.29 is 28.6 Å². The van der Waals surface area contributed by atoms with Gasteiger partial charge in [-0.05, 0) is 83.5 Å². The van der Waals surface area contributed by atoms with Crippen molar-refractivity contribution in [2.45, 2.75) is 361 Å². The van der Waals surface area contributed by atoms with Gasteiger partial charge in [0.25, 0.3) is 0 Å². The van der Waals surface area contributed by atoms with Crippen molar-refractivity contribution in [1.29, 1.82) is 0 Å². The first kappa shape index (κ1) is 75.8. The quantitative estimate of drug-likeness (QED) is 0.0261. The second-order valence-corrected chi connectivity index (χ2v) is 23.1. The Morgan fingerprint density at radius 2 is 0.506 bits per heavy atom. The molecule has 1 unspecified atom stereocenters. The van der Waals surface area contributed by atoms with Crippen LogP contribution in [0.5, 0.6) is 0 Å². The number of allylic oxidation sites excluding steroid dienone is 12. The first-order valence-corrected chi connectivity index (χ1v) is 34.4. The Morgan fingerprint density at radius 3 is 0.823 bits per heavy atom. The molecular weight excluding hydrogens is 973 g/mol. The average Bonchev–Trinajstić information content (AvgIpc) is 3.45. The monoisotopic (exact) mass is 1100 g/mol. The van der Waals surface area contributed by atoms with E-state index in [9.17, 15) is 14.4 Å². The highest BCUT2D eigenvalue weighted by Crippen LogP contribution is 2.18. The van der Waals surface area contributed by atoms with Gasteiger partial charge in [0.2, 0.25) is 0 Å². The van der Waals surface area contributed by atoms with Crippen LogP contribution < -0.4 is 0 Å². The van der Waals surface area contributed by atoms with E-state index in [1.54, 1.807) is 0 Å². The van der Waals surface area contributed by atoms with E-state index in [1.807, 2.05) is 0 Å². The summed E-state index contributed by atoms with van der Waals surface area (Å²) in [7, 11) is 0. The molecule has 0 fully saturated rings. The number of unbranched alkanes of at least 4 members (excludes halogenated alkanes) is 40. The smallest absolute Gasteiger partial charge is 0.306 e. The van der Waals surface area contributed by atoms with Gasteiger partial charge in [-0.15, -0.1) is 0 Å². The summed E-state index contributed by atoms with van der Waals surface area (Å²) in [6.07, 6.45) is 88.0. The minimum Gasteiger partial charge on any atom is -0.462 e. The van der Waals surface area contributed by atoms with E-state index in [2.05, 4.69) is 93.7 Å². The summed E-state index contributed by atoms with van der Waals surface area (Å²) in [5.41, 5.74) is 0. The van der Waals surface area contributed by atoms with Crippen molar-refractivity contribution in [1.82, 2.24) is 0 Å². The average molecular weight is 1100 g/mol. The lowest BCUT2D eigenvalue weighted by atomic mass is 10.0. The zero-order chi connectivity index (χ0) is 57.1. The molecule has 0 aromatic heterocycles. The number of esters is 3. The Kier molecular flexibility index (Phi) is 64.7. The van der Waals surface area contributed by atoms with Crippen LogP contribution in [0, 0.1) is 0 Å². The molecule has 0 amide bonds. The highest BCUT2D eigenvalue weighted by molar-refractivity contribution is 5.71. The third-order valence-electron chi connectivity index (χ3n) is 15.2. The summed E-state index contributed by atoms with van der Waals surface area (Å²) in [5, 5.41) is 0. The van der Waals surface area contributed by atoms with Crippen molar-refractivity contribution >= 4 is 17.9 Å². The molecule has 0 aromatic carbocycles. The van der Waals surface area contributed by atoms with Gasteiger partial charge in [0.15, 0.2) is 6.10 Å². The van der Waals surface area contributed by atoms with Crippen molar-refractivity contribution in [3.63, 3.8) is 0 Å². The van der Waals surface area contributed by atoms with Gasteiger partial charge in [-0.3, -0.25) is 14.4 Å². The second kappa shape index (κ2) is 67.4. The van der Waals surface area contributed by atoms with E-state index in [-0.39, 0.29) is 31.1 Å². The molecule has 0 aliphatic heterocycles. The zero-order valence-electron chi connectivity index (χ0n) is 52.6. The van der Waals surface area contributed by atoms with Crippen LogP contribution in [0.1, 0.15) is 355 Å². The van der Waals surface area contributed by atoms with Crippen LogP contribution in [0.2, 0.25) is 0 Å². The maximum atomic E-state index is 12.9. The number of hydrogen-bond donors (Lipinski definition) is 0. The Morgan fingerprint density at radius 1 is 0.266 bits per heavy atom. The van der Waals surface area contributed by atoms with Crippen LogP contribution in [0.4, 0.5) is 0 Å². The lowest BCUT2D eigenvalue weighted by molar-refractivity contribution is -0.167. The molecule has 0 aromatic rings. The van der Waals surface area contributed by atoms with E-state index in [0.717, 1.165) is 116 Å². The fraction of sp³-hybridized carbons (Fsp3) is 0.795. The van der Waals surface area contributed by atoms with Gasteiger partial charge in [-0.25, -0.2) is 0 Å². The van der Waals surface area contributed by atoms with Gasteiger partial charge in [0.1, 0.15) is 13.2 Å². The van der Waals surface area contributed by atoms with Gasteiger partial charge in [-0.1, -0.05) is 325 Å². The van der Waals surface area contributed by atoms with Gasteiger partial charge < -0.3 is 14.2 Å². The van der Waals surface area contributed by atoms with Gasteiger partial charge in [-0.2, -0.15) is 0 Å². The minimum absolute atomic E-state index is 0.0832. The summed E-state index contributed by atoms with van der Waals surface area (Å²) < 4.78 is 16.9. The molecule has 0 aliphatic carbocycles. The summed E-state index contributed by atoms with van der Waals surface area (Å²) in [6.45, 7) is 6.51. The fourth-order valence-corrected chi connectivity index (χ4v) is 10.0. The first-order chi connectivity index (χ1) is 39.0. The number of hydrogen-bond acceptors (Lipinski definition) is 6. The Bertz CT molecular complexity index is 1450. The molecule has 0 spiro atoms. The molecule has 79 heavy (non-hydrogen) atoms. The number of ether oxygens (including phenoxy) is 3. The number of carbonyl (C=O) groups excluding carboxylic acids is 3. The molecule has 0 heterocycles. The predicted molar refractivity (Wildman–Crippen MR) is 344 cm³/mol. The Hall–Kier alpha value is -3.15. The van der Waals surface area contributed by atoms with Gasteiger partial charge in [0, 0.05) is 19.3 Å². The molecule has 0 radical (unpaired) electrons. The molecule has 458 valence electrons. The predicted octanol–water partition coefficient (Wildman–Crippen LogP) is 23.7. The van der Waals surface area contributed by atoms with Crippen LogP contribution in [0.3, 0.4) is 0 Å². The van der Waals surface area contributed by atoms with Crippen molar-refractivity contribution in [3.05, 3.63) is 72.9 Å². The summed E-state index contributed by atoms with van der Waals surface area (Å²) in [5.74, 6) is -0.896. The second-order valence-electron chi connectivity index (χ2n) is 23.1. The van der Waals surface area contributed by atoms with Crippen LogP contribution in [0.25, 0.3) is 0 Å². The van der Waals surface area contributed by atoms with Crippen molar-refractivity contribution in [2.75, 3.05) is 13.2 Å². The van der Waals surface area contributed by atoms with Gasteiger partial charge >= 0.3 is 17.9 Å². The SMILES string of the molecule is CC/C=C\C/C=C\C/C=C\C/C=C\C/C=C\CCCCCCCC(=O)OC(COC(=O)CCCCCCC/C=C\CCCC)COC(=O)CCCCCCCCCCCCCCCCCCCCCCCCCCCCCCC. The molecule has 0 saturated heterocycles. The van der Waals surface area contributed by atoms with E-state index < -0.39 is 6.10 Å². The largest absolute Gasteiger partial charge is 0.462 e. The van der Waals surface area contributed by atoms with E-state index in [1.165, 1.54) is 199 Å². The molecular formula is C73H130O6. The maximum Gasteiger partial charge on any atom is 0.306 e. The van der Waals surface area contributed by atoms with E-state index in [4.69, 9.17) is 14.2 Å². The number of carbonyl (C=O) groups is 3. The van der Waals surface area contributed by atoms with Crippen LogP contribution >= 0.6 is 0 Å². The topological polar surface area (TPSA) is 78.9 Å². The Labute approximate surface area is 491 Å². The summed E-state index contributed by atoms with van der Waals surface area (Å²) in [4.78, 5) is 38.3. The molecule has 6 nitrogen and oxygen atoms in total. The summed E-state index contributed by atoms with van der Waals surface area (Å²) in [6, 6.07) is 0. The molecule has 0 bridgehead atoms. The van der Waals surface area contributed by atoms with Crippen LogP contribution in [-0.2, 0) is 28.6 Å². The normalized spacial score (nSPS) is 12.5. The lowest BCUT2D eigenvalue weighted by Gasteiger charge is -2.18. The summed E-state index contributed by atoms with van der Waals surface area (Å²) >= 11 is 0. The van der Waals surface area contributed by atoms with Crippen LogP contribution in [-0.4, -0.2) is 37.2 Å². The molecule has 0 saturated carbocycles. The highest BCUT2D eigenvalue weighted by atomic mass is 16.6. The van der Waals surface area contributed by atoms with Crippen molar-refractivity contribution in [3.8, 4) is 0 Å². The van der Waals surface area contributed by atoms with Gasteiger partial charge in [0.05, 0.1) is 0 Å². The third kappa shape index (κ3) is 65.5. The van der Waals surface area contributed by atoms with Crippen molar-refractivity contribution in [2.24, 2.45) is 0 Å². The molecule has 0 N–H and O–H groups in total. The standard InChI is InChI=1S/C73H130O6/c1-4-7-10-13-16-19-22-24-26-28-30-32-33-34-35-36-37-38-39-41-42-44-46-48-51-54-57-60-63-66-72(75)78-69-70(68-77-71(74)65-62-59-56-53-50-21-18-15-12-9-6-3)79-73(76)67-64-61-58-55-52-49-47-45-43-40-31-29-27-25-23-20-17-14-11-8-5-2/h8,11,15,17-18,20,25,27,31,40,45,47,70H,4-7,9-10,12-14,16,19,21-24,26,28-30,32-39,41-44,46,48-69H2,1-3H3/b11-8-,18-15-,20-17-,27-25-,40-31-,47-45-. The highest BCUT2D eigenvalue weighted by Gasteiger charge is 2.19. The molecule has 6 heteroatoms. The first-order valence-electron chi connectivity index (χ1n) is 34.4. The molecule has 0 aliphatic rings. The maximum absolute atomic E-state index is 12.9. The van der Waals surface area contributed by atoms with Crippen LogP contribution in [0.15, 0.2) is 72.9 Å². The molecule has 1 atom stereocenters. The van der Waals surface area contributed by atoms with E-state index in [0.29, 0.717) is 19.3 Å². The third-order valence-corrected chi connectivity index (χ3v) is 15.2. The number of rotatable bonds is 63.